The molecule has 1 saturated carbocycles. The van der Waals surface area contributed by atoms with Crippen molar-refractivity contribution in [3.63, 3.8) is 0 Å². The molecule has 2 heterocycles. The summed E-state index contributed by atoms with van der Waals surface area (Å²) in [5, 5.41) is 3.44. The first-order valence-electron chi connectivity index (χ1n) is 7.62. The van der Waals surface area contributed by atoms with E-state index in [1.807, 2.05) is 19.1 Å². The predicted octanol–water partition coefficient (Wildman–Crippen LogP) is 2.70. The molecule has 1 aliphatic heterocycles. The van der Waals surface area contributed by atoms with E-state index in [0.29, 0.717) is 5.88 Å². The van der Waals surface area contributed by atoms with Crippen LogP contribution in [0, 0.1) is 12.8 Å². The quantitative estimate of drug-likeness (QED) is 0.867. The zero-order valence-corrected chi connectivity index (χ0v) is 12.4. The molecule has 2 fully saturated rings. The predicted molar refractivity (Wildman–Crippen MR) is 78.3 cm³/mol. The van der Waals surface area contributed by atoms with Gasteiger partial charge in [-0.05, 0) is 64.1 Å². The van der Waals surface area contributed by atoms with Gasteiger partial charge in [0.25, 0.3) is 0 Å². The van der Waals surface area contributed by atoms with E-state index >= 15 is 0 Å². The van der Waals surface area contributed by atoms with Gasteiger partial charge in [0, 0.05) is 6.07 Å². The summed E-state index contributed by atoms with van der Waals surface area (Å²) in [6.45, 7) is 4.34. The van der Waals surface area contributed by atoms with Crippen LogP contribution in [-0.4, -0.2) is 30.8 Å². The van der Waals surface area contributed by atoms with Crippen molar-refractivity contribution in [2.24, 2.45) is 5.92 Å². The van der Waals surface area contributed by atoms with Gasteiger partial charge < -0.3 is 14.8 Å². The molecule has 1 aliphatic carbocycles. The maximum atomic E-state index is 6.26. The minimum absolute atomic E-state index is 0.0869. The number of ether oxygens (including phenoxy) is 2. The molecule has 0 bridgehead atoms. The van der Waals surface area contributed by atoms with Crippen molar-refractivity contribution in [1.29, 1.82) is 0 Å². The molecule has 110 valence electrons. The van der Waals surface area contributed by atoms with Crippen molar-refractivity contribution in [3.8, 4) is 11.6 Å². The first-order chi connectivity index (χ1) is 9.71. The van der Waals surface area contributed by atoms with Crippen LogP contribution >= 0.6 is 0 Å². The minimum Gasteiger partial charge on any atom is -0.485 e. The standard InChI is InChI=1S/C16H24N2O2/c1-12-14(3-4-15(18-12)19-2)20-16(8-9-16)7-5-13-6-10-17-11-13/h3-4,13,17H,5-11H2,1-2H3/t13-/m0/s1. The molecule has 1 aromatic heterocycles. The Hall–Kier alpha value is -1.29. The molecular weight excluding hydrogens is 252 g/mol. The smallest absolute Gasteiger partial charge is 0.213 e. The van der Waals surface area contributed by atoms with Gasteiger partial charge in [0.05, 0.1) is 12.8 Å². The average molecular weight is 276 g/mol. The zero-order chi connectivity index (χ0) is 14.0. The van der Waals surface area contributed by atoms with Crippen LogP contribution in [0.15, 0.2) is 12.1 Å². The Bertz CT molecular complexity index is 466. The molecule has 1 aromatic rings. The van der Waals surface area contributed by atoms with Gasteiger partial charge in [-0.3, -0.25) is 0 Å². The van der Waals surface area contributed by atoms with Gasteiger partial charge in [-0.15, -0.1) is 0 Å². The molecule has 2 aliphatic rings. The number of hydrogen-bond acceptors (Lipinski definition) is 4. The van der Waals surface area contributed by atoms with Crippen molar-refractivity contribution in [2.75, 3.05) is 20.2 Å². The number of nitrogens with one attached hydrogen (secondary N) is 1. The average Bonchev–Trinajstić information content (AvgIpc) is 3.01. The SMILES string of the molecule is COc1ccc(OC2(CC[C@H]3CCNC3)CC2)c(C)n1. The van der Waals surface area contributed by atoms with Crippen LogP contribution in [0.1, 0.15) is 37.8 Å². The van der Waals surface area contributed by atoms with Crippen molar-refractivity contribution in [1.82, 2.24) is 10.3 Å². The lowest BCUT2D eigenvalue weighted by molar-refractivity contribution is 0.156. The Labute approximate surface area is 120 Å². The second kappa shape index (κ2) is 5.60. The van der Waals surface area contributed by atoms with Crippen LogP contribution in [-0.2, 0) is 0 Å². The highest BCUT2D eigenvalue weighted by Gasteiger charge is 2.45. The Kier molecular flexibility index (Phi) is 3.83. The van der Waals surface area contributed by atoms with Gasteiger partial charge in [-0.25, -0.2) is 4.98 Å². The fourth-order valence-corrected chi connectivity index (χ4v) is 2.95. The van der Waals surface area contributed by atoms with E-state index in [2.05, 4.69) is 10.3 Å². The highest BCUT2D eigenvalue weighted by atomic mass is 16.5. The molecule has 0 aromatic carbocycles. The summed E-state index contributed by atoms with van der Waals surface area (Å²) < 4.78 is 11.4. The third kappa shape index (κ3) is 3.06. The Balaban J connectivity index is 1.58. The summed E-state index contributed by atoms with van der Waals surface area (Å²) in [6.07, 6.45) is 6.12. The molecule has 4 nitrogen and oxygen atoms in total. The van der Waals surface area contributed by atoms with E-state index in [1.54, 1.807) is 7.11 Å². The highest BCUT2D eigenvalue weighted by Crippen LogP contribution is 2.45. The molecule has 1 saturated heterocycles. The molecule has 3 rings (SSSR count). The normalized spacial score (nSPS) is 23.6. The number of aromatic nitrogens is 1. The van der Waals surface area contributed by atoms with Crippen LogP contribution in [0.3, 0.4) is 0 Å². The van der Waals surface area contributed by atoms with Gasteiger partial charge in [0.15, 0.2) is 0 Å². The molecular formula is C16H24N2O2. The summed E-state index contributed by atoms with van der Waals surface area (Å²) >= 11 is 0. The second-order valence-corrected chi connectivity index (χ2v) is 6.12. The van der Waals surface area contributed by atoms with Gasteiger partial charge in [0.2, 0.25) is 5.88 Å². The minimum atomic E-state index is 0.0869. The van der Waals surface area contributed by atoms with Gasteiger partial charge >= 0.3 is 0 Å². The number of pyridine rings is 1. The monoisotopic (exact) mass is 276 g/mol. The Morgan fingerprint density at radius 2 is 2.25 bits per heavy atom. The third-order valence-corrected chi connectivity index (χ3v) is 4.53. The van der Waals surface area contributed by atoms with Crippen LogP contribution in [0.5, 0.6) is 11.6 Å². The lowest BCUT2D eigenvalue weighted by Gasteiger charge is -2.21. The lowest BCUT2D eigenvalue weighted by atomic mass is 9.99. The second-order valence-electron chi connectivity index (χ2n) is 6.12. The summed E-state index contributed by atoms with van der Waals surface area (Å²) in [4.78, 5) is 4.38. The molecule has 0 spiro atoms. The van der Waals surface area contributed by atoms with Crippen molar-refractivity contribution in [2.45, 2.75) is 44.6 Å². The summed E-state index contributed by atoms with van der Waals surface area (Å²) in [6, 6.07) is 3.86. The zero-order valence-electron chi connectivity index (χ0n) is 12.4. The Morgan fingerprint density at radius 3 is 2.85 bits per heavy atom. The van der Waals surface area contributed by atoms with Crippen LogP contribution in [0.2, 0.25) is 0 Å². The molecule has 0 amide bonds. The van der Waals surface area contributed by atoms with Gasteiger partial charge in [0.1, 0.15) is 11.4 Å². The van der Waals surface area contributed by atoms with Crippen LogP contribution in [0.4, 0.5) is 0 Å². The number of methoxy groups -OCH3 is 1. The number of rotatable bonds is 6. The summed E-state index contributed by atoms with van der Waals surface area (Å²) in [5.41, 5.74) is 1.00. The fourth-order valence-electron chi connectivity index (χ4n) is 2.95. The maximum absolute atomic E-state index is 6.26. The van der Waals surface area contributed by atoms with Gasteiger partial charge in [-0.2, -0.15) is 0 Å². The molecule has 0 radical (unpaired) electrons. The molecule has 1 atom stereocenters. The Morgan fingerprint density at radius 1 is 1.40 bits per heavy atom. The summed E-state index contributed by atoms with van der Waals surface area (Å²) in [5.74, 6) is 2.40. The number of aryl methyl sites for hydroxylation is 1. The van der Waals surface area contributed by atoms with Gasteiger partial charge in [-0.1, -0.05) is 0 Å². The number of nitrogens with zero attached hydrogens (tertiary/aromatic N) is 1. The van der Waals surface area contributed by atoms with E-state index < -0.39 is 0 Å². The van der Waals surface area contributed by atoms with E-state index in [1.165, 1.54) is 45.2 Å². The molecule has 0 unspecified atom stereocenters. The van der Waals surface area contributed by atoms with Crippen molar-refractivity contribution < 1.29 is 9.47 Å². The molecule has 20 heavy (non-hydrogen) atoms. The lowest BCUT2D eigenvalue weighted by Crippen LogP contribution is -2.21. The fraction of sp³-hybridized carbons (Fsp3) is 0.688. The van der Waals surface area contributed by atoms with Crippen molar-refractivity contribution >= 4 is 0 Å². The number of hydrogen-bond donors (Lipinski definition) is 1. The van der Waals surface area contributed by atoms with E-state index in [4.69, 9.17) is 9.47 Å². The van der Waals surface area contributed by atoms with E-state index in [0.717, 1.165) is 17.4 Å². The van der Waals surface area contributed by atoms with Crippen LogP contribution < -0.4 is 14.8 Å². The van der Waals surface area contributed by atoms with Crippen molar-refractivity contribution in [3.05, 3.63) is 17.8 Å². The maximum Gasteiger partial charge on any atom is 0.213 e. The summed E-state index contributed by atoms with van der Waals surface area (Å²) in [7, 11) is 1.64. The topological polar surface area (TPSA) is 43.4 Å². The third-order valence-electron chi connectivity index (χ3n) is 4.53. The van der Waals surface area contributed by atoms with E-state index in [9.17, 15) is 0 Å². The first-order valence-corrected chi connectivity index (χ1v) is 7.62. The largest absolute Gasteiger partial charge is 0.485 e. The molecule has 4 heteroatoms. The van der Waals surface area contributed by atoms with Crippen LogP contribution in [0.25, 0.3) is 0 Å². The molecule has 1 N–H and O–H groups in total. The highest BCUT2D eigenvalue weighted by molar-refractivity contribution is 5.32. The first kappa shape index (κ1) is 13.7. The van der Waals surface area contributed by atoms with E-state index in [-0.39, 0.29) is 5.60 Å².